The number of carbonyl (C=O) groups is 1. The Bertz CT molecular complexity index is 856. The molecule has 1 aliphatic heterocycles. The van der Waals surface area contributed by atoms with Gasteiger partial charge in [-0.05, 0) is 23.8 Å². The number of carbonyl (C=O) groups excluding carboxylic acids is 1. The highest BCUT2D eigenvalue weighted by atomic mass is 32.2. The molecule has 0 saturated carbocycles. The Kier molecular flexibility index (Phi) is 5.92. The first-order valence-electron chi connectivity index (χ1n) is 8.08. The molecular weight excluding hydrogens is 376 g/mol. The highest BCUT2D eigenvalue weighted by Crippen LogP contribution is 2.22. The molecular formula is C17H20N2O5S2. The molecule has 0 bridgehead atoms. The summed E-state index contributed by atoms with van der Waals surface area (Å²) in [6, 6.07) is 8.56. The third kappa shape index (κ3) is 4.42. The van der Waals surface area contributed by atoms with E-state index in [0.29, 0.717) is 37.6 Å². The first-order chi connectivity index (χ1) is 12.5. The van der Waals surface area contributed by atoms with Gasteiger partial charge in [0.2, 0.25) is 10.0 Å². The molecule has 1 amide bonds. The summed E-state index contributed by atoms with van der Waals surface area (Å²) in [4.78, 5) is 14.1. The third-order valence-electron chi connectivity index (χ3n) is 4.01. The average Bonchev–Trinajstić information content (AvgIpc) is 3.18. The van der Waals surface area contributed by atoms with Crippen LogP contribution in [0.1, 0.15) is 15.9 Å². The summed E-state index contributed by atoms with van der Waals surface area (Å²) in [6.07, 6.45) is 0. The third-order valence-corrected chi connectivity index (χ3v) is 6.85. The minimum absolute atomic E-state index is 0.127. The fourth-order valence-electron chi connectivity index (χ4n) is 2.51. The SMILES string of the molecule is COc1ccc(CNS(=O)(=O)c2cc(C(=O)N3CCOCC3)cs2)cc1. The Morgan fingerprint density at radius 3 is 2.62 bits per heavy atom. The fraction of sp³-hybridized carbons (Fsp3) is 0.353. The molecule has 0 spiro atoms. The molecule has 9 heteroatoms. The number of rotatable bonds is 6. The summed E-state index contributed by atoms with van der Waals surface area (Å²) in [5.74, 6) is 0.544. The number of nitrogens with zero attached hydrogens (tertiary/aromatic N) is 1. The zero-order valence-corrected chi connectivity index (χ0v) is 15.9. The Balaban J connectivity index is 1.65. The van der Waals surface area contributed by atoms with Crippen molar-refractivity contribution in [3.8, 4) is 5.75 Å². The molecule has 0 radical (unpaired) electrons. The summed E-state index contributed by atoms with van der Waals surface area (Å²) >= 11 is 1.04. The molecule has 0 unspecified atom stereocenters. The van der Waals surface area contributed by atoms with Crippen LogP contribution >= 0.6 is 11.3 Å². The number of amides is 1. The number of morpholine rings is 1. The minimum Gasteiger partial charge on any atom is -0.497 e. The van der Waals surface area contributed by atoms with Crippen LogP contribution in [0, 0.1) is 0 Å². The molecule has 1 aromatic carbocycles. The van der Waals surface area contributed by atoms with Crippen LogP contribution in [0.15, 0.2) is 39.9 Å². The van der Waals surface area contributed by atoms with E-state index in [2.05, 4.69) is 4.72 Å². The van der Waals surface area contributed by atoms with Crippen LogP contribution < -0.4 is 9.46 Å². The van der Waals surface area contributed by atoms with Crippen molar-refractivity contribution in [2.75, 3.05) is 33.4 Å². The lowest BCUT2D eigenvalue weighted by Crippen LogP contribution is -2.40. The van der Waals surface area contributed by atoms with Crippen LogP contribution in [0.4, 0.5) is 0 Å². The topological polar surface area (TPSA) is 84.9 Å². The lowest BCUT2D eigenvalue weighted by molar-refractivity contribution is 0.0303. The minimum atomic E-state index is -3.68. The zero-order valence-electron chi connectivity index (χ0n) is 14.3. The molecule has 1 fully saturated rings. The zero-order chi connectivity index (χ0) is 18.6. The second-order valence-corrected chi connectivity index (χ2v) is 8.64. The summed E-state index contributed by atoms with van der Waals surface area (Å²) in [7, 11) is -2.10. The van der Waals surface area contributed by atoms with Gasteiger partial charge in [0, 0.05) is 25.0 Å². The highest BCUT2D eigenvalue weighted by molar-refractivity contribution is 7.91. The quantitative estimate of drug-likeness (QED) is 0.804. The fourth-order valence-corrected chi connectivity index (χ4v) is 4.73. The van der Waals surface area contributed by atoms with Gasteiger partial charge in [-0.2, -0.15) is 0 Å². The van der Waals surface area contributed by atoms with Gasteiger partial charge in [-0.1, -0.05) is 12.1 Å². The number of nitrogens with one attached hydrogen (secondary N) is 1. The molecule has 3 rings (SSSR count). The Morgan fingerprint density at radius 2 is 1.96 bits per heavy atom. The van der Waals surface area contributed by atoms with E-state index in [1.165, 1.54) is 6.07 Å². The number of methoxy groups -OCH3 is 1. The highest BCUT2D eigenvalue weighted by Gasteiger charge is 2.23. The summed E-state index contributed by atoms with van der Waals surface area (Å²) < 4.78 is 37.9. The first-order valence-corrected chi connectivity index (χ1v) is 10.4. The van der Waals surface area contributed by atoms with Crippen molar-refractivity contribution in [2.24, 2.45) is 0 Å². The van der Waals surface area contributed by atoms with Gasteiger partial charge in [0.05, 0.1) is 25.9 Å². The maximum absolute atomic E-state index is 12.5. The van der Waals surface area contributed by atoms with E-state index >= 15 is 0 Å². The summed E-state index contributed by atoms with van der Waals surface area (Å²) in [5.41, 5.74) is 1.21. The van der Waals surface area contributed by atoms with Crippen LogP contribution in [-0.2, 0) is 21.3 Å². The van der Waals surface area contributed by atoms with Gasteiger partial charge in [0.1, 0.15) is 9.96 Å². The van der Waals surface area contributed by atoms with E-state index in [9.17, 15) is 13.2 Å². The van der Waals surface area contributed by atoms with Gasteiger partial charge in [-0.3, -0.25) is 4.79 Å². The molecule has 2 aromatic rings. The normalized spacial score (nSPS) is 15.0. The molecule has 1 saturated heterocycles. The molecule has 0 aliphatic carbocycles. The predicted octanol–water partition coefficient (Wildman–Crippen LogP) is 1.71. The van der Waals surface area contributed by atoms with E-state index in [1.807, 2.05) is 0 Å². The lowest BCUT2D eigenvalue weighted by Gasteiger charge is -2.26. The van der Waals surface area contributed by atoms with Crippen LogP contribution in [-0.4, -0.2) is 52.6 Å². The standard InChI is InChI=1S/C17H20N2O5S2/c1-23-15-4-2-13(3-5-15)11-18-26(21,22)16-10-14(12-25-16)17(20)19-6-8-24-9-7-19/h2-5,10,12,18H,6-9,11H2,1H3. The van der Waals surface area contributed by atoms with Gasteiger partial charge in [-0.25, -0.2) is 13.1 Å². The smallest absolute Gasteiger partial charge is 0.254 e. The second kappa shape index (κ2) is 8.17. The van der Waals surface area contributed by atoms with E-state index in [4.69, 9.17) is 9.47 Å². The number of hydrogen-bond acceptors (Lipinski definition) is 6. The van der Waals surface area contributed by atoms with Gasteiger partial charge in [-0.15, -0.1) is 11.3 Å². The predicted molar refractivity (Wildman–Crippen MR) is 98.1 cm³/mol. The van der Waals surface area contributed by atoms with Crippen LogP contribution in [0.5, 0.6) is 5.75 Å². The van der Waals surface area contributed by atoms with Crippen molar-refractivity contribution in [3.63, 3.8) is 0 Å². The van der Waals surface area contributed by atoms with Crippen molar-refractivity contribution < 1.29 is 22.7 Å². The largest absolute Gasteiger partial charge is 0.497 e. The Morgan fingerprint density at radius 1 is 1.27 bits per heavy atom. The molecule has 26 heavy (non-hydrogen) atoms. The Labute approximate surface area is 156 Å². The van der Waals surface area contributed by atoms with Gasteiger partial charge >= 0.3 is 0 Å². The van der Waals surface area contributed by atoms with Crippen molar-refractivity contribution in [1.29, 1.82) is 0 Å². The number of benzene rings is 1. The van der Waals surface area contributed by atoms with Crippen LogP contribution in [0.25, 0.3) is 0 Å². The average molecular weight is 396 g/mol. The molecule has 2 heterocycles. The molecule has 7 nitrogen and oxygen atoms in total. The van der Waals surface area contributed by atoms with Crippen molar-refractivity contribution in [2.45, 2.75) is 10.8 Å². The molecule has 1 N–H and O–H groups in total. The maximum atomic E-state index is 12.5. The molecule has 1 aliphatic rings. The molecule has 1 aromatic heterocycles. The molecule has 140 valence electrons. The van der Waals surface area contributed by atoms with Crippen LogP contribution in [0.2, 0.25) is 0 Å². The number of hydrogen-bond donors (Lipinski definition) is 1. The van der Waals surface area contributed by atoms with Crippen LogP contribution in [0.3, 0.4) is 0 Å². The van der Waals surface area contributed by atoms with Crippen molar-refractivity contribution in [1.82, 2.24) is 9.62 Å². The number of thiophene rings is 1. The van der Waals surface area contributed by atoms with E-state index in [0.717, 1.165) is 16.9 Å². The summed E-state index contributed by atoms with van der Waals surface area (Å²) in [6.45, 7) is 2.21. The van der Waals surface area contributed by atoms with Crippen molar-refractivity contribution in [3.05, 3.63) is 46.8 Å². The van der Waals surface area contributed by atoms with E-state index < -0.39 is 10.0 Å². The first kappa shape index (κ1) is 18.8. The van der Waals surface area contributed by atoms with Crippen molar-refractivity contribution >= 4 is 27.3 Å². The van der Waals surface area contributed by atoms with E-state index in [-0.39, 0.29) is 16.7 Å². The Hall–Kier alpha value is -1.94. The second-order valence-electron chi connectivity index (χ2n) is 5.73. The molecule has 0 atom stereocenters. The lowest BCUT2D eigenvalue weighted by atomic mass is 10.2. The van der Waals surface area contributed by atoms with Gasteiger partial charge < -0.3 is 14.4 Å². The monoisotopic (exact) mass is 396 g/mol. The van der Waals surface area contributed by atoms with E-state index in [1.54, 1.807) is 41.7 Å². The summed E-state index contributed by atoms with van der Waals surface area (Å²) in [5, 5.41) is 1.58. The van der Waals surface area contributed by atoms with Gasteiger partial charge in [0.15, 0.2) is 0 Å². The van der Waals surface area contributed by atoms with Gasteiger partial charge in [0.25, 0.3) is 5.91 Å². The number of ether oxygens (including phenoxy) is 2. The maximum Gasteiger partial charge on any atom is 0.254 e. The number of sulfonamides is 1.